The van der Waals surface area contributed by atoms with Gasteiger partial charge < -0.3 is 4.74 Å². The largest absolute Gasteiger partial charge is 0.461 e. The summed E-state index contributed by atoms with van der Waals surface area (Å²) in [6.07, 6.45) is 1.39. The maximum absolute atomic E-state index is 11.1. The molecule has 1 fully saturated rings. The van der Waals surface area contributed by atoms with Crippen LogP contribution in [0.15, 0.2) is 36.4 Å². The van der Waals surface area contributed by atoms with Crippen molar-refractivity contribution in [3.63, 3.8) is 0 Å². The zero-order valence-corrected chi connectivity index (χ0v) is 12.1. The number of benzene rings is 1. The molecule has 1 N–H and O–H groups in total. The molecule has 110 valence electrons. The molecule has 1 aromatic heterocycles. The van der Waals surface area contributed by atoms with E-state index in [4.69, 9.17) is 4.74 Å². The molecule has 1 unspecified atom stereocenters. The van der Waals surface area contributed by atoms with Gasteiger partial charge in [0.25, 0.3) is 0 Å². The van der Waals surface area contributed by atoms with Crippen LogP contribution in [0.3, 0.4) is 0 Å². The third-order valence-corrected chi connectivity index (χ3v) is 3.62. The van der Waals surface area contributed by atoms with Crippen LogP contribution < -0.4 is 0 Å². The summed E-state index contributed by atoms with van der Waals surface area (Å²) in [6.45, 7) is 1.51. The Bertz CT molecular complexity index is 609. The van der Waals surface area contributed by atoms with Gasteiger partial charge in [-0.05, 0) is 19.5 Å². The van der Waals surface area contributed by atoms with E-state index in [1.54, 1.807) is 0 Å². The lowest BCUT2D eigenvalue weighted by Crippen LogP contribution is -2.28. The highest BCUT2D eigenvalue weighted by Gasteiger charge is 2.24. The highest BCUT2D eigenvalue weighted by atomic mass is 16.5. The van der Waals surface area contributed by atoms with Crippen LogP contribution in [-0.2, 0) is 16.1 Å². The molecule has 1 saturated heterocycles. The number of nitrogens with zero attached hydrogens (tertiary/aromatic N) is 2. The lowest BCUT2D eigenvalue weighted by Gasteiger charge is -2.19. The minimum Gasteiger partial charge on any atom is -0.461 e. The molecule has 0 bridgehead atoms. The fourth-order valence-electron chi connectivity index (χ4n) is 2.61. The van der Waals surface area contributed by atoms with Gasteiger partial charge in [-0.15, -0.1) is 0 Å². The van der Waals surface area contributed by atoms with Gasteiger partial charge in [0, 0.05) is 30.8 Å². The van der Waals surface area contributed by atoms with E-state index in [0.717, 1.165) is 36.5 Å². The van der Waals surface area contributed by atoms with Crippen molar-refractivity contribution < 1.29 is 9.53 Å². The number of esters is 1. The predicted molar refractivity (Wildman–Crippen MR) is 79.5 cm³/mol. The Hall–Kier alpha value is -2.14. The zero-order valence-electron chi connectivity index (χ0n) is 12.1. The van der Waals surface area contributed by atoms with E-state index < -0.39 is 0 Å². The zero-order chi connectivity index (χ0) is 14.7. The number of cyclic esters (lactones) is 1. The van der Waals surface area contributed by atoms with Gasteiger partial charge in [0.2, 0.25) is 0 Å². The molecule has 5 nitrogen and oxygen atoms in total. The molecule has 3 rings (SSSR count). The molecule has 0 saturated carbocycles. The van der Waals surface area contributed by atoms with Crippen molar-refractivity contribution in [2.45, 2.75) is 25.5 Å². The Morgan fingerprint density at radius 2 is 2.19 bits per heavy atom. The first-order valence-electron chi connectivity index (χ1n) is 7.18. The summed E-state index contributed by atoms with van der Waals surface area (Å²) >= 11 is 0. The molecule has 0 aliphatic carbocycles. The molecule has 1 aromatic carbocycles. The van der Waals surface area contributed by atoms with Gasteiger partial charge in [-0.25, -0.2) is 0 Å². The number of carbonyl (C=O) groups excluding carboxylic acids is 1. The molecule has 21 heavy (non-hydrogen) atoms. The number of ether oxygens (including phenoxy) is 1. The normalized spacial score (nSPS) is 18.2. The van der Waals surface area contributed by atoms with Gasteiger partial charge in [-0.2, -0.15) is 5.10 Å². The minimum atomic E-state index is -0.0821. The van der Waals surface area contributed by atoms with E-state index in [1.807, 2.05) is 37.4 Å². The molecular weight excluding hydrogens is 266 g/mol. The summed E-state index contributed by atoms with van der Waals surface area (Å²) in [7, 11) is 2.02. The third kappa shape index (κ3) is 3.49. The summed E-state index contributed by atoms with van der Waals surface area (Å²) in [4.78, 5) is 13.2. The molecule has 0 spiro atoms. The van der Waals surface area contributed by atoms with Crippen molar-refractivity contribution in [2.75, 3.05) is 13.6 Å². The summed E-state index contributed by atoms with van der Waals surface area (Å²) in [6, 6.07) is 12.2. The first-order valence-corrected chi connectivity index (χ1v) is 7.18. The molecular formula is C16H19N3O2. The molecule has 0 amide bonds. The van der Waals surface area contributed by atoms with Crippen LogP contribution in [0.25, 0.3) is 11.3 Å². The molecule has 5 heteroatoms. The number of likely N-dealkylation sites (N-methyl/N-ethyl adjacent to an activating group) is 1. The summed E-state index contributed by atoms with van der Waals surface area (Å²) in [5, 5.41) is 7.42. The number of hydrogen-bond donors (Lipinski definition) is 1. The second-order valence-corrected chi connectivity index (χ2v) is 5.49. The Balaban J connectivity index is 1.58. The van der Waals surface area contributed by atoms with Crippen molar-refractivity contribution in [1.82, 2.24) is 15.1 Å². The number of H-pyrrole nitrogens is 1. The average Bonchev–Trinajstić information content (AvgIpc) is 3.09. The second kappa shape index (κ2) is 6.10. The van der Waals surface area contributed by atoms with Gasteiger partial charge >= 0.3 is 5.97 Å². The predicted octanol–water partition coefficient (Wildman–Crippen LogP) is 2.21. The van der Waals surface area contributed by atoms with Crippen molar-refractivity contribution >= 4 is 5.97 Å². The smallest absolute Gasteiger partial charge is 0.306 e. The van der Waals surface area contributed by atoms with Crippen molar-refractivity contribution in [2.24, 2.45) is 0 Å². The van der Waals surface area contributed by atoms with E-state index >= 15 is 0 Å². The van der Waals surface area contributed by atoms with Crippen LogP contribution in [0.5, 0.6) is 0 Å². The Morgan fingerprint density at radius 1 is 1.38 bits per heavy atom. The fraction of sp³-hybridized carbons (Fsp3) is 0.375. The number of rotatable bonds is 5. The molecule has 2 heterocycles. The molecule has 2 aromatic rings. The number of hydrogen-bond acceptors (Lipinski definition) is 4. The van der Waals surface area contributed by atoms with Crippen molar-refractivity contribution in [3.05, 3.63) is 42.1 Å². The van der Waals surface area contributed by atoms with Crippen LogP contribution in [-0.4, -0.2) is 40.8 Å². The third-order valence-electron chi connectivity index (χ3n) is 3.62. The molecule has 1 atom stereocenters. The van der Waals surface area contributed by atoms with Gasteiger partial charge in [0.05, 0.1) is 5.69 Å². The summed E-state index contributed by atoms with van der Waals surface area (Å²) in [5.41, 5.74) is 3.11. The SMILES string of the molecule is CN(Cc1cc(-c2ccccc2)n[nH]1)CC1CCC(=O)O1. The van der Waals surface area contributed by atoms with Crippen LogP contribution in [0.2, 0.25) is 0 Å². The maximum atomic E-state index is 11.1. The molecule has 0 radical (unpaired) electrons. The lowest BCUT2D eigenvalue weighted by molar-refractivity contribution is -0.141. The number of carbonyl (C=O) groups is 1. The van der Waals surface area contributed by atoms with Gasteiger partial charge in [0.15, 0.2) is 0 Å². The number of nitrogens with one attached hydrogen (secondary N) is 1. The minimum absolute atomic E-state index is 0.0269. The van der Waals surface area contributed by atoms with Gasteiger partial charge in [-0.3, -0.25) is 14.8 Å². The van der Waals surface area contributed by atoms with Crippen LogP contribution in [0.4, 0.5) is 0 Å². The average molecular weight is 285 g/mol. The Kier molecular flexibility index (Phi) is 4.01. The van der Waals surface area contributed by atoms with Crippen LogP contribution in [0.1, 0.15) is 18.5 Å². The Morgan fingerprint density at radius 3 is 2.90 bits per heavy atom. The lowest BCUT2D eigenvalue weighted by atomic mass is 10.1. The quantitative estimate of drug-likeness (QED) is 0.856. The number of aromatic nitrogens is 2. The second-order valence-electron chi connectivity index (χ2n) is 5.49. The highest BCUT2D eigenvalue weighted by molar-refractivity contribution is 5.71. The maximum Gasteiger partial charge on any atom is 0.306 e. The number of aromatic amines is 1. The first kappa shape index (κ1) is 13.8. The van der Waals surface area contributed by atoms with E-state index in [1.165, 1.54) is 0 Å². The standard InChI is InChI=1S/C16H19N3O2/c1-19(11-14-7-8-16(20)21-14)10-13-9-15(18-17-13)12-5-3-2-4-6-12/h2-6,9,14H,7-8,10-11H2,1H3,(H,17,18). The summed E-state index contributed by atoms with van der Waals surface area (Å²) in [5.74, 6) is -0.0821. The van der Waals surface area contributed by atoms with E-state index in [-0.39, 0.29) is 12.1 Å². The van der Waals surface area contributed by atoms with Gasteiger partial charge in [0.1, 0.15) is 6.10 Å². The molecule has 1 aliphatic heterocycles. The fourth-order valence-corrected chi connectivity index (χ4v) is 2.61. The van der Waals surface area contributed by atoms with Crippen LogP contribution in [0, 0.1) is 0 Å². The van der Waals surface area contributed by atoms with Crippen molar-refractivity contribution in [1.29, 1.82) is 0 Å². The first-order chi connectivity index (χ1) is 10.2. The van der Waals surface area contributed by atoms with Crippen molar-refractivity contribution in [3.8, 4) is 11.3 Å². The van der Waals surface area contributed by atoms with E-state index in [9.17, 15) is 4.79 Å². The Labute approximate surface area is 123 Å². The van der Waals surface area contributed by atoms with E-state index in [0.29, 0.717) is 6.42 Å². The van der Waals surface area contributed by atoms with Crippen LogP contribution >= 0.6 is 0 Å². The van der Waals surface area contributed by atoms with Gasteiger partial charge in [-0.1, -0.05) is 30.3 Å². The summed E-state index contributed by atoms with van der Waals surface area (Å²) < 4.78 is 5.24. The monoisotopic (exact) mass is 285 g/mol. The topological polar surface area (TPSA) is 58.2 Å². The molecule has 1 aliphatic rings. The highest BCUT2D eigenvalue weighted by Crippen LogP contribution is 2.18. The van der Waals surface area contributed by atoms with E-state index in [2.05, 4.69) is 21.2 Å².